The second-order valence-corrected chi connectivity index (χ2v) is 12.2. The number of aliphatic hydroxyl groups excluding tert-OH is 2. The Labute approximate surface area is 219 Å². The van der Waals surface area contributed by atoms with Crippen LogP contribution in [0.25, 0.3) is 6.08 Å². The zero-order chi connectivity index (χ0) is 27.3. The lowest BCUT2D eigenvalue weighted by atomic mass is 9.73. The summed E-state index contributed by atoms with van der Waals surface area (Å²) in [5, 5.41) is 35.3. The van der Waals surface area contributed by atoms with Crippen LogP contribution in [0.4, 0.5) is 0 Å². The molecule has 1 aromatic heterocycles. The average Bonchev–Trinajstić information content (AvgIpc) is 3.26. The van der Waals surface area contributed by atoms with E-state index in [4.69, 9.17) is 10.5 Å². The van der Waals surface area contributed by atoms with Crippen molar-refractivity contribution in [2.24, 2.45) is 23.0 Å². The van der Waals surface area contributed by atoms with Crippen LogP contribution in [0.5, 0.6) is 0 Å². The summed E-state index contributed by atoms with van der Waals surface area (Å²) in [5.41, 5.74) is 4.94. The summed E-state index contributed by atoms with van der Waals surface area (Å²) in [5.74, 6) is -1.79. The molecule has 0 spiro atoms. The maximum atomic E-state index is 13.2. The summed E-state index contributed by atoms with van der Waals surface area (Å²) in [6.07, 6.45) is 1.37. The highest BCUT2D eigenvalue weighted by molar-refractivity contribution is 7.09. The van der Waals surface area contributed by atoms with Crippen LogP contribution >= 0.6 is 11.3 Å². The summed E-state index contributed by atoms with van der Waals surface area (Å²) in [4.78, 5) is 30.5. The summed E-state index contributed by atoms with van der Waals surface area (Å²) in [7, 11) is 0. The summed E-state index contributed by atoms with van der Waals surface area (Å²) < 4.78 is 5.79. The van der Waals surface area contributed by atoms with Gasteiger partial charge in [-0.1, -0.05) is 34.1 Å². The molecule has 9 heteroatoms. The molecule has 2 rings (SSSR count). The van der Waals surface area contributed by atoms with Gasteiger partial charge in [-0.2, -0.15) is 0 Å². The van der Waals surface area contributed by atoms with Crippen LogP contribution in [-0.4, -0.2) is 56.0 Å². The van der Waals surface area contributed by atoms with E-state index in [0.29, 0.717) is 38.6 Å². The fraction of sp³-hybridized carbons (Fsp3) is 0.741. The van der Waals surface area contributed by atoms with Crippen molar-refractivity contribution in [1.82, 2.24) is 4.98 Å². The Balaban J connectivity index is 2.33. The van der Waals surface area contributed by atoms with Crippen molar-refractivity contribution < 1.29 is 29.6 Å². The molecule has 8 nitrogen and oxygen atoms in total. The molecule has 5 N–H and O–H groups in total. The monoisotopic (exact) mass is 524 g/mol. The van der Waals surface area contributed by atoms with E-state index in [0.717, 1.165) is 16.3 Å². The molecule has 1 aliphatic rings. The molecule has 36 heavy (non-hydrogen) atoms. The highest BCUT2D eigenvalue weighted by Gasteiger charge is 2.42. The normalized spacial score (nSPS) is 33.8. The van der Waals surface area contributed by atoms with Crippen molar-refractivity contribution in [3.63, 3.8) is 0 Å². The van der Waals surface area contributed by atoms with Crippen LogP contribution in [0.1, 0.15) is 90.8 Å². The van der Waals surface area contributed by atoms with E-state index < -0.39 is 41.2 Å². The van der Waals surface area contributed by atoms with Gasteiger partial charge in [0.05, 0.1) is 35.3 Å². The second-order valence-electron chi connectivity index (χ2n) is 11.2. The topological polar surface area (TPSA) is 143 Å². The number of ketones is 1. The zero-order valence-corrected chi connectivity index (χ0v) is 23.3. The molecule has 1 aromatic rings. The standard InChI is InChI=1S/C27H44N2O6S/c1-16-8-7-10-27(6,34)11-9-20(17(2)12-19-15-36-22(14-28)29-19)35-23(31)13-21(30)26(4,5)25(33)18(3)24(16)32/h12,15-16,18,20-21,24,30,32,34H,7-11,13-14,28H2,1-6H3/b17-12+/t16?,18?,20-,21-,24-,27+/m0/s1. The Hall–Kier alpha value is -1.65. The Kier molecular flexibility index (Phi) is 10.8. The van der Waals surface area contributed by atoms with E-state index in [1.54, 1.807) is 27.7 Å². The van der Waals surface area contributed by atoms with Gasteiger partial charge < -0.3 is 25.8 Å². The van der Waals surface area contributed by atoms with Gasteiger partial charge in [0.2, 0.25) is 0 Å². The number of cyclic esters (lactones) is 1. The highest BCUT2D eigenvalue weighted by atomic mass is 32.1. The van der Waals surface area contributed by atoms with Crippen LogP contribution in [0.15, 0.2) is 11.0 Å². The molecule has 0 saturated carbocycles. The van der Waals surface area contributed by atoms with Crippen molar-refractivity contribution in [1.29, 1.82) is 0 Å². The molecule has 0 aromatic carbocycles. The van der Waals surface area contributed by atoms with E-state index in [1.807, 2.05) is 25.3 Å². The number of nitrogens with zero attached hydrogens (tertiary/aromatic N) is 1. The van der Waals surface area contributed by atoms with Crippen LogP contribution in [0.2, 0.25) is 0 Å². The lowest BCUT2D eigenvalue weighted by molar-refractivity contribution is -0.155. The smallest absolute Gasteiger partial charge is 0.309 e. The van der Waals surface area contributed by atoms with Gasteiger partial charge in [0, 0.05) is 17.8 Å². The summed E-state index contributed by atoms with van der Waals surface area (Å²) in [6.45, 7) is 10.7. The van der Waals surface area contributed by atoms with Crippen LogP contribution < -0.4 is 5.73 Å². The average molecular weight is 525 g/mol. The number of esters is 1. The number of ether oxygens (including phenoxy) is 1. The van der Waals surface area contributed by atoms with Crippen molar-refractivity contribution in [3.05, 3.63) is 21.7 Å². The fourth-order valence-corrected chi connectivity index (χ4v) is 5.38. The van der Waals surface area contributed by atoms with E-state index >= 15 is 0 Å². The minimum Gasteiger partial charge on any atom is -0.458 e. The van der Waals surface area contributed by atoms with Gasteiger partial charge >= 0.3 is 5.97 Å². The first-order valence-electron chi connectivity index (χ1n) is 12.8. The number of hydrogen-bond donors (Lipinski definition) is 4. The Morgan fingerprint density at radius 2 is 1.89 bits per heavy atom. The summed E-state index contributed by atoms with van der Waals surface area (Å²) >= 11 is 1.45. The fourth-order valence-electron chi connectivity index (χ4n) is 4.75. The van der Waals surface area contributed by atoms with Gasteiger partial charge in [0.25, 0.3) is 0 Å². The number of aromatic nitrogens is 1. The number of Topliss-reactive ketones (excluding diaryl/α,β-unsaturated/α-hetero) is 1. The third kappa shape index (κ3) is 8.18. The van der Waals surface area contributed by atoms with Crippen molar-refractivity contribution >= 4 is 29.2 Å². The molecule has 2 heterocycles. The number of hydrogen-bond acceptors (Lipinski definition) is 9. The van der Waals surface area contributed by atoms with Crippen LogP contribution in [0, 0.1) is 17.3 Å². The molecule has 1 aliphatic heterocycles. The number of aliphatic hydroxyl groups is 3. The molecule has 1 saturated heterocycles. The second kappa shape index (κ2) is 12.7. The lowest BCUT2D eigenvalue weighted by Crippen LogP contribution is -2.45. The number of carbonyl (C=O) groups excluding carboxylic acids is 2. The third-order valence-corrected chi connectivity index (χ3v) is 8.45. The quantitative estimate of drug-likeness (QED) is 0.439. The van der Waals surface area contributed by atoms with Crippen molar-refractivity contribution in [2.45, 2.75) is 111 Å². The molecule has 0 bridgehead atoms. The predicted molar refractivity (Wildman–Crippen MR) is 141 cm³/mol. The van der Waals surface area contributed by atoms with Gasteiger partial charge in [-0.25, -0.2) is 4.98 Å². The minimum atomic E-state index is -1.27. The van der Waals surface area contributed by atoms with Gasteiger partial charge in [-0.05, 0) is 57.1 Å². The molecule has 1 fully saturated rings. The lowest BCUT2D eigenvalue weighted by Gasteiger charge is -2.35. The van der Waals surface area contributed by atoms with Gasteiger partial charge in [-0.3, -0.25) is 9.59 Å². The third-order valence-electron chi connectivity index (χ3n) is 7.56. The Morgan fingerprint density at radius 1 is 1.22 bits per heavy atom. The predicted octanol–water partition coefficient (Wildman–Crippen LogP) is 3.61. The SMILES string of the molecule is C/C(=C\c1csc(CN)n1)[C@@H]1CC[C@](C)(O)CCCC(C)[C@H](O)C(C)C(=O)C(C)(C)[C@@H](O)CC(=O)O1. The van der Waals surface area contributed by atoms with Gasteiger partial charge in [-0.15, -0.1) is 11.3 Å². The maximum absolute atomic E-state index is 13.2. The summed E-state index contributed by atoms with van der Waals surface area (Å²) in [6, 6.07) is 0. The van der Waals surface area contributed by atoms with Gasteiger partial charge in [0.15, 0.2) is 0 Å². The van der Waals surface area contributed by atoms with Crippen LogP contribution in [0.3, 0.4) is 0 Å². The number of carbonyl (C=O) groups is 2. The first kappa shape index (κ1) is 30.6. The minimum absolute atomic E-state index is 0.153. The number of rotatable bonds is 3. The molecular formula is C27H44N2O6S. The maximum Gasteiger partial charge on any atom is 0.309 e. The molecule has 204 valence electrons. The Morgan fingerprint density at radius 3 is 2.50 bits per heavy atom. The molecule has 2 unspecified atom stereocenters. The van der Waals surface area contributed by atoms with E-state index in [2.05, 4.69) is 4.98 Å². The van der Waals surface area contributed by atoms with Crippen molar-refractivity contribution in [2.75, 3.05) is 0 Å². The zero-order valence-electron chi connectivity index (χ0n) is 22.5. The highest BCUT2D eigenvalue weighted by Crippen LogP contribution is 2.33. The van der Waals surface area contributed by atoms with Crippen LogP contribution in [-0.2, 0) is 20.9 Å². The molecule has 0 amide bonds. The Bertz CT molecular complexity index is 925. The first-order valence-corrected chi connectivity index (χ1v) is 13.7. The molecule has 6 atom stereocenters. The number of thiazole rings is 1. The molecule has 0 radical (unpaired) electrons. The van der Waals surface area contributed by atoms with E-state index in [1.165, 1.54) is 11.3 Å². The molecular weight excluding hydrogens is 480 g/mol. The molecule has 0 aliphatic carbocycles. The van der Waals surface area contributed by atoms with E-state index in [-0.39, 0.29) is 18.1 Å². The first-order chi connectivity index (χ1) is 16.7. The van der Waals surface area contributed by atoms with Gasteiger partial charge in [0.1, 0.15) is 16.9 Å². The number of nitrogens with two attached hydrogens (primary N) is 1. The van der Waals surface area contributed by atoms with E-state index in [9.17, 15) is 24.9 Å². The largest absolute Gasteiger partial charge is 0.458 e. The van der Waals surface area contributed by atoms with Crippen molar-refractivity contribution in [3.8, 4) is 0 Å².